The van der Waals surface area contributed by atoms with Crippen molar-refractivity contribution >= 4 is 5.91 Å². The normalized spacial score (nSPS) is 21.1. The minimum absolute atomic E-state index is 0.101. The zero-order valence-corrected chi connectivity index (χ0v) is 13.0. The number of halogens is 1. The smallest absolute Gasteiger partial charge is 0.273 e. The molecule has 3 rings (SSSR count). The fourth-order valence-corrected chi connectivity index (χ4v) is 2.73. The molecule has 1 aliphatic rings. The van der Waals surface area contributed by atoms with Crippen molar-refractivity contribution in [1.29, 1.82) is 0 Å². The van der Waals surface area contributed by atoms with E-state index in [1.54, 1.807) is 18.3 Å². The molecule has 122 valence electrons. The van der Waals surface area contributed by atoms with Gasteiger partial charge in [-0.1, -0.05) is 24.3 Å². The van der Waals surface area contributed by atoms with Crippen molar-refractivity contribution in [3.05, 3.63) is 47.5 Å². The van der Waals surface area contributed by atoms with Gasteiger partial charge >= 0.3 is 0 Å². The number of hydrogen-bond acceptors (Lipinski definition) is 4. The van der Waals surface area contributed by atoms with Gasteiger partial charge in [0.15, 0.2) is 5.69 Å². The van der Waals surface area contributed by atoms with Crippen LogP contribution in [-0.4, -0.2) is 40.0 Å². The number of carbonyl (C=O) groups is 1. The summed E-state index contributed by atoms with van der Waals surface area (Å²) in [4.78, 5) is 12.3. The minimum Gasteiger partial charge on any atom is -0.346 e. The molecule has 1 saturated heterocycles. The van der Waals surface area contributed by atoms with Gasteiger partial charge in [-0.3, -0.25) is 4.79 Å². The topological polar surface area (TPSA) is 71.8 Å². The van der Waals surface area contributed by atoms with E-state index in [2.05, 4.69) is 27.9 Å². The molecule has 2 N–H and O–H groups in total. The van der Waals surface area contributed by atoms with E-state index in [0.29, 0.717) is 12.5 Å². The van der Waals surface area contributed by atoms with Gasteiger partial charge in [0, 0.05) is 12.6 Å². The number of piperidine rings is 1. The molecule has 0 saturated carbocycles. The molecule has 6 nitrogen and oxygen atoms in total. The van der Waals surface area contributed by atoms with Gasteiger partial charge in [-0.2, -0.15) is 0 Å². The number of amides is 1. The summed E-state index contributed by atoms with van der Waals surface area (Å²) in [5, 5.41) is 14.1. The first-order valence-electron chi connectivity index (χ1n) is 7.78. The molecular formula is C16H20FN5O. The summed E-state index contributed by atoms with van der Waals surface area (Å²) in [6, 6.07) is 6.39. The van der Waals surface area contributed by atoms with Crippen molar-refractivity contribution in [2.45, 2.75) is 25.9 Å². The highest BCUT2D eigenvalue weighted by molar-refractivity contribution is 5.92. The fraction of sp³-hybridized carbons (Fsp3) is 0.438. The lowest BCUT2D eigenvalue weighted by Gasteiger charge is -2.29. The van der Waals surface area contributed by atoms with Crippen LogP contribution < -0.4 is 10.6 Å². The van der Waals surface area contributed by atoms with Crippen LogP contribution in [0.1, 0.15) is 29.4 Å². The first kappa shape index (κ1) is 15.6. The first-order chi connectivity index (χ1) is 11.1. The number of hydrogen-bond donors (Lipinski definition) is 2. The number of benzene rings is 1. The SMILES string of the molecule is CC1CCNCC1NC(=O)c1cn(Cc2cccc(F)c2)nn1. The molecule has 1 aliphatic heterocycles. The lowest BCUT2D eigenvalue weighted by atomic mass is 9.95. The number of carbonyl (C=O) groups excluding carboxylic acids is 1. The van der Waals surface area contributed by atoms with Gasteiger partial charge in [0.05, 0.1) is 12.7 Å². The second-order valence-corrected chi connectivity index (χ2v) is 5.98. The number of nitrogens with zero attached hydrogens (tertiary/aromatic N) is 3. The van der Waals surface area contributed by atoms with Gasteiger partial charge in [0.1, 0.15) is 5.82 Å². The molecule has 1 amide bonds. The quantitative estimate of drug-likeness (QED) is 0.889. The van der Waals surface area contributed by atoms with Crippen LogP contribution in [-0.2, 0) is 6.54 Å². The van der Waals surface area contributed by atoms with Crippen molar-refractivity contribution in [3.8, 4) is 0 Å². The highest BCUT2D eigenvalue weighted by Crippen LogP contribution is 2.12. The minimum atomic E-state index is -0.292. The molecule has 0 aliphatic carbocycles. The van der Waals surface area contributed by atoms with E-state index in [9.17, 15) is 9.18 Å². The van der Waals surface area contributed by atoms with Gasteiger partial charge in [0.25, 0.3) is 5.91 Å². The second kappa shape index (κ2) is 6.87. The van der Waals surface area contributed by atoms with E-state index in [1.165, 1.54) is 16.8 Å². The van der Waals surface area contributed by atoms with E-state index in [-0.39, 0.29) is 23.5 Å². The zero-order chi connectivity index (χ0) is 16.2. The Hall–Kier alpha value is -2.28. The van der Waals surface area contributed by atoms with Crippen LogP contribution in [0.25, 0.3) is 0 Å². The molecule has 0 bridgehead atoms. The predicted molar refractivity (Wildman–Crippen MR) is 83.4 cm³/mol. The maximum atomic E-state index is 13.2. The lowest BCUT2D eigenvalue weighted by Crippen LogP contribution is -2.50. The molecule has 2 aromatic rings. The van der Waals surface area contributed by atoms with Crippen molar-refractivity contribution in [3.63, 3.8) is 0 Å². The Kier molecular flexibility index (Phi) is 4.66. The molecular weight excluding hydrogens is 297 g/mol. The summed E-state index contributed by atoms with van der Waals surface area (Å²) >= 11 is 0. The third-order valence-electron chi connectivity index (χ3n) is 4.15. The highest BCUT2D eigenvalue weighted by atomic mass is 19.1. The van der Waals surface area contributed by atoms with Crippen LogP contribution >= 0.6 is 0 Å². The van der Waals surface area contributed by atoms with Gasteiger partial charge in [-0.15, -0.1) is 5.10 Å². The summed E-state index contributed by atoms with van der Waals surface area (Å²) in [6.07, 6.45) is 2.62. The van der Waals surface area contributed by atoms with E-state index < -0.39 is 0 Å². The van der Waals surface area contributed by atoms with Gasteiger partial charge < -0.3 is 10.6 Å². The fourth-order valence-electron chi connectivity index (χ4n) is 2.73. The molecule has 1 aromatic heterocycles. The molecule has 2 atom stereocenters. The second-order valence-electron chi connectivity index (χ2n) is 5.98. The predicted octanol–water partition coefficient (Wildman–Crippen LogP) is 1.19. The van der Waals surface area contributed by atoms with Crippen LogP contribution in [0.5, 0.6) is 0 Å². The third-order valence-corrected chi connectivity index (χ3v) is 4.15. The summed E-state index contributed by atoms with van der Waals surface area (Å²) < 4.78 is 14.7. The highest BCUT2D eigenvalue weighted by Gasteiger charge is 2.24. The van der Waals surface area contributed by atoms with E-state index in [0.717, 1.165) is 25.1 Å². The first-order valence-corrected chi connectivity index (χ1v) is 7.78. The Morgan fingerprint density at radius 2 is 2.39 bits per heavy atom. The van der Waals surface area contributed by atoms with Crippen LogP contribution in [0.4, 0.5) is 4.39 Å². The van der Waals surface area contributed by atoms with Crippen molar-refractivity contribution in [2.75, 3.05) is 13.1 Å². The van der Waals surface area contributed by atoms with Gasteiger partial charge in [-0.25, -0.2) is 9.07 Å². The lowest BCUT2D eigenvalue weighted by molar-refractivity contribution is 0.0910. The van der Waals surface area contributed by atoms with Crippen molar-refractivity contribution < 1.29 is 9.18 Å². The van der Waals surface area contributed by atoms with Gasteiger partial charge in [-0.05, 0) is 36.6 Å². The Morgan fingerprint density at radius 3 is 3.17 bits per heavy atom. The Morgan fingerprint density at radius 1 is 1.52 bits per heavy atom. The van der Waals surface area contributed by atoms with E-state index in [4.69, 9.17) is 0 Å². The Labute approximate surface area is 134 Å². The molecule has 2 unspecified atom stereocenters. The van der Waals surface area contributed by atoms with Crippen molar-refractivity contribution in [2.24, 2.45) is 5.92 Å². The molecule has 23 heavy (non-hydrogen) atoms. The molecule has 0 radical (unpaired) electrons. The summed E-state index contributed by atoms with van der Waals surface area (Å²) in [5.74, 6) is -0.0852. The number of rotatable bonds is 4. The molecule has 2 heterocycles. The molecule has 7 heteroatoms. The molecule has 0 spiro atoms. The third kappa shape index (κ3) is 3.92. The average Bonchev–Trinajstić information content (AvgIpc) is 2.98. The van der Waals surface area contributed by atoms with Crippen LogP contribution in [0.2, 0.25) is 0 Å². The maximum absolute atomic E-state index is 13.2. The maximum Gasteiger partial charge on any atom is 0.273 e. The van der Waals surface area contributed by atoms with Crippen LogP contribution in [0.15, 0.2) is 30.5 Å². The summed E-state index contributed by atoms with van der Waals surface area (Å²) in [7, 11) is 0. The van der Waals surface area contributed by atoms with Gasteiger partial charge in [0.2, 0.25) is 0 Å². The zero-order valence-electron chi connectivity index (χ0n) is 13.0. The molecule has 1 fully saturated rings. The van der Waals surface area contributed by atoms with E-state index in [1.807, 2.05) is 0 Å². The average molecular weight is 317 g/mol. The number of nitrogens with one attached hydrogen (secondary N) is 2. The number of aromatic nitrogens is 3. The Balaban J connectivity index is 1.63. The summed E-state index contributed by atoms with van der Waals surface area (Å²) in [5.41, 5.74) is 1.05. The standard InChI is InChI=1S/C16H20FN5O/c1-11-5-6-18-8-14(11)19-16(23)15-10-22(21-20-15)9-12-3-2-4-13(17)7-12/h2-4,7,10-11,14,18H,5-6,8-9H2,1H3,(H,19,23). The molecule has 1 aromatic carbocycles. The largest absolute Gasteiger partial charge is 0.346 e. The van der Waals surface area contributed by atoms with Crippen LogP contribution in [0, 0.1) is 11.7 Å². The van der Waals surface area contributed by atoms with E-state index >= 15 is 0 Å². The monoisotopic (exact) mass is 317 g/mol. The van der Waals surface area contributed by atoms with Crippen LogP contribution in [0.3, 0.4) is 0 Å². The van der Waals surface area contributed by atoms with Crippen molar-refractivity contribution in [1.82, 2.24) is 25.6 Å². The summed E-state index contributed by atoms with van der Waals surface area (Å²) in [6.45, 7) is 4.26. The Bertz CT molecular complexity index is 687.